The second kappa shape index (κ2) is 10.5. The number of furan rings is 1. The maximum absolute atomic E-state index is 12.3. The number of nitrogens with one attached hydrogen (secondary N) is 2. The number of anilines is 1. The van der Waals surface area contributed by atoms with Gasteiger partial charge in [-0.1, -0.05) is 24.6 Å². The Morgan fingerprint density at radius 3 is 2.56 bits per heavy atom. The highest BCUT2D eigenvalue weighted by Gasteiger charge is 2.15. The normalized spacial score (nSPS) is 11.6. The van der Waals surface area contributed by atoms with Crippen LogP contribution < -0.4 is 14.8 Å². The van der Waals surface area contributed by atoms with Crippen LogP contribution in [0, 0.1) is 0 Å². The van der Waals surface area contributed by atoms with Gasteiger partial charge in [-0.25, -0.2) is 13.1 Å². The molecule has 9 nitrogen and oxygen atoms in total. The highest BCUT2D eigenvalue weighted by molar-refractivity contribution is 7.88. The van der Waals surface area contributed by atoms with Crippen molar-refractivity contribution in [2.45, 2.75) is 25.7 Å². The Bertz CT molecular complexity index is 1220. The summed E-state index contributed by atoms with van der Waals surface area (Å²) in [6.07, 6.45) is 3.08. The highest BCUT2D eigenvalue weighted by Crippen LogP contribution is 2.36. The number of benzene rings is 2. The molecule has 10 heteroatoms. The fraction of sp³-hybridized carbons (Fsp3) is 0.364. The van der Waals surface area contributed by atoms with Crippen molar-refractivity contribution in [3.63, 3.8) is 0 Å². The molecule has 3 aromatic rings. The van der Waals surface area contributed by atoms with Crippen molar-refractivity contribution in [1.82, 2.24) is 4.72 Å². The molecule has 0 radical (unpaired) electrons. The maximum atomic E-state index is 12.3. The van der Waals surface area contributed by atoms with Crippen LogP contribution in [-0.2, 0) is 24.3 Å². The van der Waals surface area contributed by atoms with E-state index < -0.39 is 28.5 Å². The number of sulfonamides is 1. The summed E-state index contributed by atoms with van der Waals surface area (Å²) in [4.78, 5) is 24.1. The summed E-state index contributed by atoms with van der Waals surface area (Å²) in [6, 6.07) is 11.1. The van der Waals surface area contributed by atoms with E-state index in [4.69, 9.17) is 13.9 Å². The zero-order valence-electron chi connectivity index (χ0n) is 18.0. The molecule has 1 amide bonds. The molecule has 3 rings (SSSR count). The Kier molecular flexibility index (Phi) is 7.70. The van der Waals surface area contributed by atoms with Gasteiger partial charge in [0.2, 0.25) is 10.0 Å². The van der Waals surface area contributed by atoms with Gasteiger partial charge in [0.05, 0.1) is 19.1 Å². The van der Waals surface area contributed by atoms with E-state index in [1.54, 1.807) is 12.1 Å². The van der Waals surface area contributed by atoms with E-state index >= 15 is 0 Å². The Balaban J connectivity index is 1.49. The van der Waals surface area contributed by atoms with E-state index in [1.165, 1.54) is 7.11 Å². The zero-order valence-corrected chi connectivity index (χ0v) is 18.8. The fourth-order valence-electron chi connectivity index (χ4n) is 3.25. The number of hydrogen-bond donors (Lipinski definition) is 2. The minimum Gasteiger partial charge on any atom is -0.495 e. The topological polar surface area (TPSA) is 124 Å². The molecule has 0 atom stereocenters. The van der Waals surface area contributed by atoms with E-state index in [-0.39, 0.29) is 6.42 Å². The molecule has 0 aliphatic rings. The van der Waals surface area contributed by atoms with Crippen molar-refractivity contribution >= 4 is 49.5 Å². The van der Waals surface area contributed by atoms with Gasteiger partial charge < -0.3 is 19.2 Å². The van der Waals surface area contributed by atoms with Gasteiger partial charge in [-0.05, 0) is 25.0 Å². The second-order valence-electron chi connectivity index (χ2n) is 7.33. The zero-order chi connectivity index (χ0) is 23.1. The van der Waals surface area contributed by atoms with Crippen LogP contribution >= 0.6 is 0 Å². The third-order valence-electron chi connectivity index (χ3n) is 4.76. The van der Waals surface area contributed by atoms with E-state index in [0.717, 1.165) is 22.6 Å². The summed E-state index contributed by atoms with van der Waals surface area (Å²) in [5.74, 6) is -0.521. The third-order valence-corrected chi connectivity index (χ3v) is 5.49. The lowest BCUT2D eigenvalue weighted by Gasteiger charge is -2.11. The van der Waals surface area contributed by atoms with Gasteiger partial charge in [0, 0.05) is 29.8 Å². The van der Waals surface area contributed by atoms with Crippen molar-refractivity contribution in [2.75, 3.05) is 31.8 Å². The Labute approximate surface area is 186 Å². The molecule has 2 aromatic carbocycles. The largest absolute Gasteiger partial charge is 0.495 e. The van der Waals surface area contributed by atoms with Gasteiger partial charge in [-0.15, -0.1) is 0 Å². The molecular formula is C22H26N2O7S. The van der Waals surface area contributed by atoms with Crippen LogP contribution in [0.15, 0.2) is 40.8 Å². The predicted octanol–water partition coefficient (Wildman–Crippen LogP) is 3.19. The molecule has 0 spiro atoms. The molecule has 0 aliphatic carbocycles. The van der Waals surface area contributed by atoms with E-state index in [0.29, 0.717) is 42.8 Å². The van der Waals surface area contributed by atoms with Crippen LogP contribution in [0.4, 0.5) is 5.69 Å². The first-order chi connectivity index (χ1) is 15.3. The summed E-state index contributed by atoms with van der Waals surface area (Å²) in [5, 5.41) is 4.50. The number of methoxy groups -OCH3 is 1. The van der Waals surface area contributed by atoms with Crippen molar-refractivity contribution < 1.29 is 31.9 Å². The number of fused-ring (bicyclic) bond motifs is 3. The summed E-state index contributed by atoms with van der Waals surface area (Å²) in [6.45, 7) is -0.0938. The molecule has 0 saturated heterocycles. The average molecular weight is 463 g/mol. The molecule has 1 aromatic heterocycles. The standard InChI is InChI=1S/C22H26N2O7S/c1-29-20-12-16-15-8-5-6-9-18(15)31-19(16)13-17(20)24-21(25)14-30-22(26)10-4-3-7-11-23-32(2,27)28/h5-6,8-9,12-13,23H,3-4,7,10-11,14H2,1-2H3,(H,24,25). The van der Waals surface area contributed by atoms with Crippen LogP contribution in [0.3, 0.4) is 0 Å². The van der Waals surface area contributed by atoms with Gasteiger partial charge in [-0.3, -0.25) is 9.59 Å². The number of esters is 1. The molecule has 2 N–H and O–H groups in total. The number of rotatable bonds is 11. The van der Waals surface area contributed by atoms with Crippen molar-refractivity contribution in [3.8, 4) is 5.75 Å². The number of unbranched alkanes of at least 4 members (excludes halogenated alkanes) is 2. The maximum Gasteiger partial charge on any atom is 0.306 e. The number of hydrogen-bond acceptors (Lipinski definition) is 7. The number of carbonyl (C=O) groups excluding carboxylic acids is 2. The van der Waals surface area contributed by atoms with Gasteiger partial charge in [0.1, 0.15) is 16.9 Å². The molecule has 0 fully saturated rings. The molecule has 32 heavy (non-hydrogen) atoms. The molecule has 0 saturated carbocycles. The third kappa shape index (κ3) is 6.44. The monoisotopic (exact) mass is 462 g/mol. The van der Waals surface area contributed by atoms with Gasteiger partial charge in [0.15, 0.2) is 6.61 Å². The molecule has 0 aliphatic heterocycles. The number of para-hydroxylation sites is 1. The Morgan fingerprint density at radius 2 is 1.81 bits per heavy atom. The number of ether oxygens (including phenoxy) is 2. The van der Waals surface area contributed by atoms with Crippen LogP contribution in [0.2, 0.25) is 0 Å². The van der Waals surface area contributed by atoms with Crippen LogP contribution in [0.1, 0.15) is 25.7 Å². The first kappa shape index (κ1) is 23.6. The first-order valence-electron chi connectivity index (χ1n) is 10.2. The van der Waals surface area contributed by atoms with E-state index in [9.17, 15) is 18.0 Å². The molecule has 0 bridgehead atoms. The summed E-state index contributed by atoms with van der Waals surface area (Å²) >= 11 is 0. The SMILES string of the molecule is COc1cc2c(cc1NC(=O)COC(=O)CCCCCNS(C)(=O)=O)oc1ccccc12. The smallest absolute Gasteiger partial charge is 0.306 e. The summed E-state index contributed by atoms with van der Waals surface area (Å²) < 4.78 is 40.6. The highest BCUT2D eigenvalue weighted by atomic mass is 32.2. The van der Waals surface area contributed by atoms with Gasteiger partial charge in [0.25, 0.3) is 5.91 Å². The minimum absolute atomic E-state index is 0.153. The predicted molar refractivity (Wildman–Crippen MR) is 121 cm³/mol. The van der Waals surface area contributed by atoms with Crippen molar-refractivity contribution in [1.29, 1.82) is 0 Å². The fourth-order valence-corrected chi connectivity index (χ4v) is 3.77. The lowest BCUT2D eigenvalue weighted by Crippen LogP contribution is -2.23. The summed E-state index contributed by atoms with van der Waals surface area (Å²) in [5.41, 5.74) is 1.75. The Morgan fingerprint density at radius 1 is 1.03 bits per heavy atom. The number of carbonyl (C=O) groups is 2. The van der Waals surface area contributed by atoms with Crippen molar-refractivity contribution in [2.24, 2.45) is 0 Å². The lowest BCUT2D eigenvalue weighted by molar-refractivity contribution is -0.147. The second-order valence-corrected chi connectivity index (χ2v) is 9.17. The number of amides is 1. The lowest BCUT2D eigenvalue weighted by atomic mass is 10.1. The van der Waals surface area contributed by atoms with E-state index in [1.807, 2.05) is 24.3 Å². The molecule has 0 unspecified atom stereocenters. The van der Waals surface area contributed by atoms with Gasteiger partial charge >= 0.3 is 5.97 Å². The molecule has 172 valence electrons. The van der Waals surface area contributed by atoms with Crippen LogP contribution in [-0.4, -0.2) is 46.8 Å². The minimum atomic E-state index is -3.20. The van der Waals surface area contributed by atoms with E-state index in [2.05, 4.69) is 10.0 Å². The first-order valence-corrected chi connectivity index (χ1v) is 12.1. The van der Waals surface area contributed by atoms with Crippen LogP contribution in [0.25, 0.3) is 21.9 Å². The molecule has 1 heterocycles. The van der Waals surface area contributed by atoms with Crippen LogP contribution in [0.5, 0.6) is 5.75 Å². The van der Waals surface area contributed by atoms with Gasteiger partial charge in [-0.2, -0.15) is 0 Å². The average Bonchev–Trinajstić information content (AvgIpc) is 3.10. The molecular weight excluding hydrogens is 436 g/mol. The quantitative estimate of drug-likeness (QED) is 0.331. The Hall–Kier alpha value is -3.11. The van der Waals surface area contributed by atoms with Crippen molar-refractivity contribution in [3.05, 3.63) is 36.4 Å². The summed E-state index contributed by atoms with van der Waals surface area (Å²) in [7, 11) is -1.69.